The Morgan fingerprint density at radius 1 is 0.862 bits per heavy atom. The topological polar surface area (TPSA) is 35.5 Å². The van der Waals surface area contributed by atoms with Crippen LogP contribution in [-0.2, 0) is 14.2 Å². The predicted octanol–water partition coefficient (Wildman–Crippen LogP) is 6.45. The number of carbonyl (C=O) groups is 1. The zero-order valence-corrected chi connectivity index (χ0v) is 17.7. The maximum Gasteiger partial charge on any atom is 0.509 e. The maximum atomic E-state index is 11.6. The molecule has 0 heterocycles. The minimum atomic E-state index is -0.752. The second-order valence-electron chi connectivity index (χ2n) is 6.39. The Hall–Kier alpha value is -2.43. The number of rotatable bonds is 8. The normalized spacial score (nSPS) is 12.2. The zero-order chi connectivity index (χ0) is 20.5. The average molecular weight is 427 g/mol. The van der Waals surface area contributed by atoms with Gasteiger partial charge in [-0.3, -0.25) is 0 Å². The molecule has 0 fully saturated rings. The van der Waals surface area contributed by atoms with E-state index >= 15 is 0 Å². The Morgan fingerprint density at radius 2 is 1.28 bits per heavy atom. The first-order valence-electron chi connectivity index (χ1n) is 9.41. The summed E-state index contributed by atoms with van der Waals surface area (Å²) in [6, 6.07) is 31.2. The molecule has 3 nitrogen and oxygen atoms in total. The summed E-state index contributed by atoms with van der Waals surface area (Å²) in [7, 11) is 0. The number of hydrogen-bond acceptors (Lipinski definition) is 4. The van der Waals surface area contributed by atoms with Gasteiger partial charge in [0, 0.05) is 5.75 Å². The fourth-order valence-electron chi connectivity index (χ4n) is 3.25. The first-order valence-corrected chi connectivity index (χ1v) is 10.8. The van der Waals surface area contributed by atoms with Gasteiger partial charge in [-0.15, -0.1) is 11.8 Å². The van der Waals surface area contributed by atoms with E-state index in [1.165, 1.54) is 16.7 Å². The summed E-state index contributed by atoms with van der Waals surface area (Å²) in [6.45, 7) is 1.80. The molecule has 29 heavy (non-hydrogen) atoms. The van der Waals surface area contributed by atoms with Gasteiger partial charge in [0.1, 0.15) is 6.61 Å². The Morgan fingerprint density at radius 3 is 1.66 bits per heavy atom. The van der Waals surface area contributed by atoms with E-state index in [0.717, 1.165) is 0 Å². The van der Waals surface area contributed by atoms with Crippen LogP contribution in [0.25, 0.3) is 0 Å². The highest BCUT2D eigenvalue weighted by atomic mass is 35.5. The molecule has 3 aromatic rings. The maximum absolute atomic E-state index is 11.6. The van der Waals surface area contributed by atoms with E-state index in [9.17, 15) is 4.79 Å². The molecule has 0 spiro atoms. The van der Waals surface area contributed by atoms with Gasteiger partial charge in [0.25, 0.3) is 0 Å². The molecule has 0 amide bonds. The predicted molar refractivity (Wildman–Crippen MR) is 119 cm³/mol. The fourth-order valence-corrected chi connectivity index (χ4v) is 4.71. The molecule has 0 aliphatic heterocycles. The number of alkyl halides is 1. The largest absolute Gasteiger partial charge is 0.509 e. The molecule has 0 aliphatic carbocycles. The van der Waals surface area contributed by atoms with E-state index in [0.29, 0.717) is 5.75 Å². The van der Waals surface area contributed by atoms with Crippen molar-refractivity contribution in [2.45, 2.75) is 17.2 Å². The minimum Gasteiger partial charge on any atom is -0.433 e. The first kappa shape index (κ1) is 21.3. The lowest BCUT2D eigenvalue weighted by atomic mass is 9.84. The molecule has 0 N–H and O–H groups in total. The molecule has 1 unspecified atom stereocenters. The van der Waals surface area contributed by atoms with Crippen LogP contribution < -0.4 is 0 Å². The van der Waals surface area contributed by atoms with E-state index < -0.39 is 16.5 Å². The van der Waals surface area contributed by atoms with Gasteiger partial charge in [-0.25, -0.2) is 4.79 Å². The number of benzene rings is 3. The van der Waals surface area contributed by atoms with E-state index in [1.807, 2.05) is 54.6 Å². The summed E-state index contributed by atoms with van der Waals surface area (Å²) in [5.74, 6) is 0.588. The molecule has 0 radical (unpaired) electrons. The van der Waals surface area contributed by atoms with Gasteiger partial charge >= 0.3 is 6.16 Å². The van der Waals surface area contributed by atoms with Crippen LogP contribution in [0.5, 0.6) is 0 Å². The van der Waals surface area contributed by atoms with Crippen molar-refractivity contribution in [3.8, 4) is 0 Å². The summed E-state index contributed by atoms with van der Waals surface area (Å²) in [6.07, 6.45) is -0.752. The highest BCUT2D eigenvalue weighted by molar-refractivity contribution is 8.00. The van der Waals surface area contributed by atoms with Gasteiger partial charge in [-0.1, -0.05) is 103 Å². The van der Waals surface area contributed by atoms with Crippen LogP contribution in [-0.4, -0.2) is 24.1 Å². The van der Waals surface area contributed by atoms with Crippen LogP contribution in [0.1, 0.15) is 23.6 Å². The van der Waals surface area contributed by atoms with Crippen molar-refractivity contribution >= 4 is 29.5 Å². The monoisotopic (exact) mass is 426 g/mol. The van der Waals surface area contributed by atoms with Crippen LogP contribution in [0.4, 0.5) is 4.79 Å². The summed E-state index contributed by atoms with van der Waals surface area (Å²) in [5, 5.41) is 0. The molecule has 150 valence electrons. The standard InChI is InChI=1S/C24H23ClO3S/c1-19(25)28-23(26)27-17-18-29-24(20-11-5-2-6-12-20,21-13-7-3-8-14-21)22-15-9-4-10-16-22/h2-16,19H,17-18H2,1H3. The van der Waals surface area contributed by atoms with E-state index in [1.54, 1.807) is 18.7 Å². The van der Waals surface area contributed by atoms with Crippen molar-refractivity contribution in [1.29, 1.82) is 0 Å². The third-order valence-electron chi connectivity index (χ3n) is 4.42. The Kier molecular flexibility index (Phi) is 7.62. The highest BCUT2D eigenvalue weighted by Crippen LogP contribution is 2.48. The summed E-state index contributed by atoms with van der Waals surface area (Å²) in [4.78, 5) is 11.6. The zero-order valence-electron chi connectivity index (χ0n) is 16.2. The number of halogens is 1. The van der Waals surface area contributed by atoms with Gasteiger partial charge in [-0.05, 0) is 23.6 Å². The Labute approximate surface area is 181 Å². The molecule has 0 aromatic heterocycles. The van der Waals surface area contributed by atoms with Gasteiger partial charge in [-0.2, -0.15) is 0 Å². The average Bonchev–Trinajstić information content (AvgIpc) is 2.75. The van der Waals surface area contributed by atoms with Crippen LogP contribution in [0.3, 0.4) is 0 Å². The van der Waals surface area contributed by atoms with Crippen LogP contribution in [0.15, 0.2) is 91.0 Å². The van der Waals surface area contributed by atoms with Gasteiger partial charge in [0.15, 0.2) is 5.56 Å². The summed E-state index contributed by atoms with van der Waals surface area (Å²) in [5.41, 5.74) is 2.78. The van der Waals surface area contributed by atoms with E-state index in [4.69, 9.17) is 21.1 Å². The van der Waals surface area contributed by atoms with E-state index in [2.05, 4.69) is 36.4 Å². The molecule has 0 saturated heterocycles. The SMILES string of the molecule is CC(Cl)OC(=O)OCCSC(c1ccccc1)(c1ccccc1)c1ccccc1. The smallest absolute Gasteiger partial charge is 0.433 e. The number of carbonyl (C=O) groups excluding carboxylic acids is 1. The lowest BCUT2D eigenvalue weighted by molar-refractivity contribution is 0.0541. The van der Waals surface area contributed by atoms with Crippen LogP contribution in [0, 0.1) is 0 Å². The van der Waals surface area contributed by atoms with Crippen LogP contribution >= 0.6 is 23.4 Å². The van der Waals surface area contributed by atoms with Crippen molar-refractivity contribution in [1.82, 2.24) is 0 Å². The van der Waals surface area contributed by atoms with E-state index in [-0.39, 0.29) is 6.61 Å². The molecule has 0 saturated carbocycles. The second-order valence-corrected chi connectivity index (χ2v) is 8.31. The molecule has 5 heteroatoms. The van der Waals surface area contributed by atoms with Crippen molar-refractivity contribution < 1.29 is 14.3 Å². The first-order chi connectivity index (χ1) is 14.1. The Bertz CT molecular complexity index is 789. The summed E-state index contributed by atoms with van der Waals surface area (Å²) < 4.78 is 9.59. The summed E-state index contributed by atoms with van der Waals surface area (Å²) >= 11 is 7.39. The van der Waals surface area contributed by atoms with Gasteiger partial charge in [0.05, 0.1) is 4.75 Å². The van der Waals surface area contributed by atoms with Crippen molar-refractivity contribution in [3.05, 3.63) is 108 Å². The van der Waals surface area contributed by atoms with Gasteiger partial charge < -0.3 is 9.47 Å². The molecular formula is C24H23ClO3S. The molecule has 1 atom stereocenters. The van der Waals surface area contributed by atoms with Crippen LogP contribution in [0.2, 0.25) is 0 Å². The second kappa shape index (κ2) is 10.4. The minimum absolute atomic E-state index is 0.224. The molecule has 0 bridgehead atoms. The third-order valence-corrected chi connectivity index (χ3v) is 6.02. The number of thioether (sulfide) groups is 1. The lowest BCUT2D eigenvalue weighted by Crippen LogP contribution is -2.27. The quantitative estimate of drug-likeness (QED) is 0.179. The fraction of sp³-hybridized carbons (Fsp3) is 0.208. The van der Waals surface area contributed by atoms with Crippen molar-refractivity contribution in [2.75, 3.05) is 12.4 Å². The molecule has 3 rings (SSSR count). The van der Waals surface area contributed by atoms with Crippen molar-refractivity contribution in [2.24, 2.45) is 0 Å². The third kappa shape index (κ3) is 5.34. The van der Waals surface area contributed by atoms with Crippen molar-refractivity contribution in [3.63, 3.8) is 0 Å². The molecule has 0 aliphatic rings. The van der Waals surface area contributed by atoms with Gasteiger partial charge in [0.2, 0.25) is 0 Å². The molecule has 3 aromatic carbocycles. The Balaban J connectivity index is 1.94. The lowest BCUT2D eigenvalue weighted by Gasteiger charge is -2.35. The number of ether oxygens (including phenoxy) is 2. The number of hydrogen-bond donors (Lipinski definition) is 0. The highest BCUT2D eigenvalue weighted by Gasteiger charge is 2.36. The molecular weight excluding hydrogens is 404 g/mol.